The minimum Gasteiger partial charge on any atom is -0.405 e. The fourth-order valence-corrected chi connectivity index (χ4v) is 2.94. The second kappa shape index (κ2) is 6.84. The number of sulfonamides is 1. The molecule has 0 aliphatic heterocycles. The smallest absolute Gasteiger partial charge is 0.405 e. The Morgan fingerprint density at radius 3 is 2.48 bits per heavy atom. The molecule has 5 nitrogen and oxygen atoms in total. The Morgan fingerprint density at radius 1 is 1.38 bits per heavy atom. The average Bonchev–Trinajstić information content (AvgIpc) is 2.31. The summed E-state index contributed by atoms with van der Waals surface area (Å²) >= 11 is 2.90. The van der Waals surface area contributed by atoms with Crippen LogP contribution in [0.5, 0.6) is 5.75 Å². The lowest BCUT2D eigenvalue weighted by Crippen LogP contribution is -2.33. The van der Waals surface area contributed by atoms with E-state index >= 15 is 0 Å². The number of anilines is 1. The number of benzene rings is 1. The number of hydrogen-bond acceptors (Lipinski definition) is 4. The fourth-order valence-electron chi connectivity index (χ4n) is 1.43. The monoisotopic (exact) mass is 390 g/mol. The standard InChI is InChI=1S/C11H14BrF3N2O3S/c1-7(6-16-2)21(18,19)17-8-3-4-10(9(12)5-8)20-11(13,14)15/h3-5,7,16-17H,6H2,1-2H3. The predicted molar refractivity (Wildman–Crippen MR) is 76.8 cm³/mol. The van der Waals surface area contributed by atoms with Crippen molar-refractivity contribution < 1.29 is 26.3 Å². The molecule has 0 aliphatic carbocycles. The van der Waals surface area contributed by atoms with Gasteiger partial charge in [-0.15, -0.1) is 13.2 Å². The molecule has 0 spiro atoms. The Hall–Kier alpha value is -1.00. The van der Waals surface area contributed by atoms with E-state index in [1.165, 1.54) is 19.1 Å². The molecule has 0 aromatic heterocycles. The minimum absolute atomic E-state index is 0.0127. The van der Waals surface area contributed by atoms with Gasteiger partial charge in [-0.25, -0.2) is 8.42 Å². The molecule has 1 unspecified atom stereocenters. The van der Waals surface area contributed by atoms with Gasteiger partial charge in [0.2, 0.25) is 10.0 Å². The zero-order chi connectivity index (χ0) is 16.3. The van der Waals surface area contributed by atoms with Crippen molar-refractivity contribution in [1.82, 2.24) is 5.32 Å². The summed E-state index contributed by atoms with van der Waals surface area (Å²) in [6.07, 6.45) is -4.81. The molecule has 120 valence electrons. The predicted octanol–water partition coefficient (Wildman–Crippen LogP) is 2.70. The number of ether oxygens (including phenoxy) is 1. The van der Waals surface area contributed by atoms with Crippen LogP contribution >= 0.6 is 15.9 Å². The zero-order valence-electron chi connectivity index (χ0n) is 11.2. The van der Waals surface area contributed by atoms with Crippen molar-refractivity contribution in [2.45, 2.75) is 18.5 Å². The van der Waals surface area contributed by atoms with Crippen LogP contribution in [0.4, 0.5) is 18.9 Å². The Kier molecular flexibility index (Phi) is 5.88. The minimum atomic E-state index is -4.81. The molecule has 0 bridgehead atoms. The highest BCUT2D eigenvalue weighted by Crippen LogP contribution is 2.32. The lowest BCUT2D eigenvalue weighted by molar-refractivity contribution is -0.274. The SMILES string of the molecule is CNCC(C)S(=O)(=O)Nc1ccc(OC(F)(F)F)c(Br)c1. The van der Waals surface area contributed by atoms with Crippen molar-refractivity contribution in [3.8, 4) is 5.75 Å². The van der Waals surface area contributed by atoms with Crippen LogP contribution in [0.2, 0.25) is 0 Å². The van der Waals surface area contributed by atoms with E-state index in [4.69, 9.17) is 0 Å². The largest absolute Gasteiger partial charge is 0.573 e. The summed E-state index contributed by atoms with van der Waals surface area (Å²) < 4.78 is 66.3. The van der Waals surface area contributed by atoms with Gasteiger partial charge >= 0.3 is 6.36 Å². The molecule has 0 saturated carbocycles. The van der Waals surface area contributed by atoms with Gasteiger partial charge in [-0.2, -0.15) is 0 Å². The van der Waals surface area contributed by atoms with Gasteiger partial charge in [0.15, 0.2) is 0 Å². The van der Waals surface area contributed by atoms with Crippen LogP contribution in [0.1, 0.15) is 6.92 Å². The molecular formula is C11H14BrF3N2O3S. The maximum Gasteiger partial charge on any atom is 0.573 e. The number of alkyl halides is 3. The van der Waals surface area contributed by atoms with E-state index < -0.39 is 27.4 Å². The van der Waals surface area contributed by atoms with Crippen LogP contribution in [0, 0.1) is 0 Å². The molecule has 1 aromatic rings. The summed E-state index contributed by atoms with van der Waals surface area (Å²) in [6, 6.07) is 3.42. The third kappa shape index (κ3) is 5.71. The maximum absolute atomic E-state index is 12.1. The van der Waals surface area contributed by atoms with Crippen LogP contribution in [-0.2, 0) is 10.0 Å². The Morgan fingerprint density at radius 2 is 2.00 bits per heavy atom. The van der Waals surface area contributed by atoms with Crippen LogP contribution in [0.25, 0.3) is 0 Å². The Bertz CT molecular complexity index is 593. The summed E-state index contributed by atoms with van der Waals surface area (Å²) in [5.41, 5.74) is 0.138. The molecule has 1 aromatic carbocycles. The topological polar surface area (TPSA) is 67.4 Å². The van der Waals surface area contributed by atoms with E-state index in [0.29, 0.717) is 0 Å². The molecule has 0 radical (unpaired) electrons. The van der Waals surface area contributed by atoms with E-state index in [0.717, 1.165) is 6.07 Å². The lowest BCUT2D eigenvalue weighted by Gasteiger charge is -2.16. The summed E-state index contributed by atoms with van der Waals surface area (Å²) in [5, 5.41) is 2.03. The zero-order valence-corrected chi connectivity index (χ0v) is 13.6. The molecule has 1 atom stereocenters. The first-order valence-corrected chi connectivity index (χ1v) is 8.10. The second-order valence-electron chi connectivity index (χ2n) is 4.21. The second-order valence-corrected chi connectivity index (χ2v) is 7.16. The van der Waals surface area contributed by atoms with Crippen molar-refractivity contribution in [1.29, 1.82) is 0 Å². The molecule has 1 rings (SSSR count). The van der Waals surface area contributed by atoms with Gasteiger partial charge in [0.05, 0.1) is 9.72 Å². The van der Waals surface area contributed by atoms with Crippen LogP contribution in [-0.4, -0.2) is 33.6 Å². The van der Waals surface area contributed by atoms with Crippen molar-refractivity contribution in [3.63, 3.8) is 0 Å². The molecule has 0 heterocycles. The lowest BCUT2D eigenvalue weighted by atomic mass is 10.3. The van der Waals surface area contributed by atoms with Gasteiger partial charge in [-0.05, 0) is 48.1 Å². The summed E-state index contributed by atoms with van der Waals surface area (Å²) in [4.78, 5) is 0. The highest BCUT2D eigenvalue weighted by Gasteiger charge is 2.32. The average molecular weight is 391 g/mol. The molecule has 0 saturated heterocycles. The Labute approximate surface area is 129 Å². The summed E-state index contributed by atoms with van der Waals surface area (Å²) in [7, 11) is -2.02. The Balaban J connectivity index is 2.90. The van der Waals surface area contributed by atoms with Gasteiger partial charge in [-0.1, -0.05) is 0 Å². The molecule has 21 heavy (non-hydrogen) atoms. The molecule has 0 amide bonds. The summed E-state index contributed by atoms with van der Waals surface area (Å²) in [6.45, 7) is 1.75. The molecule has 0 fully saturated rings. The van der Waals surface area contributed by atoms with E-state index in [-0.39, 0.29) is 16.7 Å². The first kappa shape index (κ1) is 18.1. The first-order valence-electron chi connectivity index (χ1n) is 5.76. The maximum atomic E-state index is 12.1. The van der Waals surface area contributed by atoms with Gasteiger partial charge in [0.25, 0.3) is 0 Å². The van der Waals surface area contributed by atoms with Gasteiger partial charge in [-0.3, -0.25) is 4.72 Å². The third-order valence-corrected chi connectivity index (χ3v) is 4.81. The van der Waals surface area contributed by atoms with E-state index in [9.17, 15) is 21.6 Å². The van der Waals surface area contributed by atoms with Crippen molar-refractivity contribution in [2.24, 2.45) is 0 Å². The van der Waals surface area contributed by atoms with Crippen molar-refractivity contribution >= 4 is 31.6 Å². The number of halogens is 4. The van der Waals surface area contributed by atoms with E-state index in [1.54, 1.807) is 7.05 Å². The van der Waals surface area contributed by atoms with Crippen LogP contribution < -0.4 is 14.8 Å². The van der Waals surface area contributed by atoms with Crippen molar-refractivity contribution in [2.75, 3.05) is 18.3 Å². The number of hydrogen-bond donors (Lipinski definition) is 2. The quantitative estimate of drug-likeness (QED) is 0.783. The van der Waals surface area contributed by atoms with Crippen molar-refractivity contribution in [3.05, 3.63) is 22.7 Å². The highest BCUT2D eigenvalue weighted by molar-refractivity contribution is 9.10. The van der Waals surface area contributed by atoms with E-state index in [2.05, 4.69) is 30.7 Å². The third-order valence-electron chi connectivity index (χ3n) is 2.44. The first-order chi connectivity index (χ1) is 9.55. The molecular weight excluding hydrogens is 377 g/mol. The highest BCUT2D eigenvalue weighted by atomic mass is 79.9. The summed E-state index contributed by atoms with van der Waals surface area (Å²) in [5.74, 6) is -0.450. The van der Waals surface area contributed by atoms with Gasteiger partial charge in [0, 0.05) is 12.2 Å². The number of nitrogens with one attached hydrogen (secondary N) is 2. The molecule has 0 aliphatic rings. The fraction of sp³-hybridized carbons (Fsp3) is 0.455. The molecule has 10 heteroatoms. The normalized spacial score (nSPS) is 13.8. The van der Waals surface area contributed by atoms with E-state index in [1.807, 2.05) is 0 Å². The van der Waals surface area contributed by atoms with Crippen LogP contribution in [0.3, 0.4) is 0 Å². The van der Waals surface area contributed by atoms with Crippen LogP contribution in [0.15, 0.2) is 22.7 Å². The molecule has 2 N–H and O–H groups in total. The number of rotatable bonds is 6. The van der Waals surface area contributed by atoms with Gasteiger partial charge < -0.3 is 10.1 Å². The van der Waals surface area contributed by atoms with Gasteiger partial charge in [0.1, 0.15) is 5.75 Å².